The third kappa shape index (κ3) is 0.920. The van der Waals surface area contributed by atoms with Gasteiger partial charge in [0.2, 0.25) is 0 Å². The highest BCUT2D eigenvalue weighted by atomic mass is 14.9. The third-order valence-corrected chi connectivity index (χ3v) is 1.76. The maximum absolute atomic E-state index is 3.30. The summed E-state index contributed by atoms with van der Waals surface area (Å²) >= 11 is 0. The fraction of sp³-hybridized carbons (Fsp3) is 0.714. The molecule has 1 aliphatic rings. The summed E-state index contributed by atoms with van der Waals surface area (Å²) in [7, 11) is 0. The van der Waals surface area contributed by atoms with Crippen molar-refractivity contribution in [3.8, 4) is 0 Å². The minimum absolute atomic E-state index is 1.11. The lowest BCUT2D eigenvalue weighted by Crippen LogP contribution is -2.08. The molecule has 46 valence electrons. The first kappa shape index (κ1) is 5.83. The van der Waals surface area contributed by atoms with Crippen LogP contribution in [0.4, 0.5) is 0 Å². The molecule has 1 nitrogen and oxygen atoms in total. The summed E-state index contributed by atoms with van der Waals surface area (Å²) in [5.74, 6) is 0. The van der Waals surface area contributed by atoms with Crippen LogP contribution in [0.3, 0.4) is 0 Å². The van der Waals surface area contributed by atoms with E-state index in [1.807, 2.05) is 0 Å². The Labute approximate surface area is 50.8 Å². The Morgan fingerprint density at radius 3 is 2.50 bits per heavy atom. The molecule has 0 atom stereocenters. The van der Waals surface area contributed by atoms with Crippen molar-refractivity contribution < 1.29 is 0 Å². The molecule has 0 aliphatic carbocycles. The van der Waals surface area contributed by atoms with Gasteiger partial charge in [-0.2, -0.15) is 0 Å². The molecule has 0 spiro atoms. The lowest BCUT2D eigenvalue weighted by atomic mass is 10.1. The second-order valence-electron chi connectivity index (χ2n) is 2.34. The highest BCUT2D eigenvalue weighted by Gasteiger charge is 2.05. The molecule has 0 fully saturated rings. The molecule has 1 heterocycles. The molecule has 0 saturated carbocycles. The predicted octanol–water partition coefficient (Wildman–Crippen LogP) is 1.32. The summed E-state index contributed by atoms with van der Waals surface area (Å²) < 4.78 is 0. The maximum Gasteiger partial charge on any atom is 0.0170 e. The summed E-state index contributed by atoms with van der Waals surface area (Å²) in [5, 5.41) is 3.30. The summed E-state index contributed by atoms with van der Waals surface area (Å²) in [6, 6.07) is 0. The zero-order valence-corrected chi connectivity index (χ0v) is 5.62. The van der Waals surface area contributed by atoms with E-state index < -0.39 is 0 Å². The normalized spacial score (nSPS) is 20.2. The van der Waals surface area contributed by atoms with Crippen molar-refractivity contribution in [2.75, 3.05) is 13.1 Å². The fourth-order valence-electron chi connectivity index (χ4n) is 1.10. The van der Waals surface area contributed by atoms with Gasteiger partial charge in [-0.25, -0.2) is 0 Å². The first-order chi connectivity index (χ1) is 3.84. The van der Waals surface area contributed by atoms with Gasteiger partial charge < -0.3 is 5.32 Å². The summed E-state index contributed by atoms with van der Waals surface area (Å²) in [4.78, 5) is 0. The van der Waals surface area contributed by atoms with Crippen molar-refractivity contribution in [3.05, 3.63) is 11.1 Å². The van der Waals surface area contributed by atoms with E-state index in [4.69, 9.17) is 0 Å². The van der Waals surface area contributed by atoms with Gasteiger partial charge >= 0.3 is 0 Å². The van der Waals surface area contributed by atoms with Crippen LogP contribution < -0.4 is 5.32 Å². The average molecular weight is 111 g/mol. The molecule has 1 aliphatic heterocycles. The van der Waals surface area contributed by atoms with E-state index in [0.717, 1.165) is 13.1 Å². The Morgan fingerprint density at radius 2 is 2.25 bits per heavy atom. The van der Waals surface area contributed by atoms with Crippen LogP contribution in [0.2, 0.25) is 0 Å². The van der Waals surface area contributed by atoms with Crippen LogP contribution in [0.5, 0.6) is 0 Å². The smallest absolute Gasteiger partial charge is 0.0170 e. The van der Waals surface area contributed by atoms with Gasteiger partial charge in [0.25, 0.3) is 0 Å². The fourth-order valence-corrected chi connectivity index (χ4v) is 1.10. The molecular formula is C7H13N. The molecule has 0 aromatic heterocycles. The monoisotopic (exact) mass is 111 g/mol. The van der Waals surface area contributed by atoms with E-state index >= 15 is 0 Å². The Bertz CT molecular complexity index is 114. The lowest BCUT2D eigenvalue weighted by Gasteiger charge is -1.93. The number of nitrogens with one attached hydrogen (secondary N) is 1. The predicted molar refractivity (Wildman–Crippen MR) is 35.9 cm³/mol. The third-order valence-electron chi connectivity index (χ3n) is 1.76. The molecule has 0 bridgehead atoms. The number of hydrogen-bond acceptors (Lipinski definition) is 1. The summed E-state index contributed by atoms with van der Waals surface area (Å²) in [6.45, 7) is 6.66. The lowest BCUT2D eigenvalue weighted by molar-refractivity contribution is 0.850. The molecule has 0 amide bonds. The summed E-state index contributed by atoms with van der Waals surface area (Å²) in [6.07, 6.45) is 1.22. The first-order valence-corrected chi connectivity index (χ1v) is 3.22. The van der Waals surface area contributed by atoms with E-state index in [1.165, 1.54) is 6.42 Å². The van der Waals surface area contributed by atoms with Crippen LogP contribution in [-0.4, -0.2) is 13.1 Å². The first-order valence-electron chi connectivity index (χ1n) is 3.22. The van der Waals surface area contributed by atoms with E-state index in [-0.39, 0.29) is 0 Å². The van der Waals surface area contributed by atoms with Gasteiger partial charge in [-0.3, -0.25) is 0 Å². The summed E-state index contributed by atoms with van der Waals surface area (Å²) in [5.41, 5.74) is 3.15. The van der Waals surface area contributed by atoms with Crippen molar-refractivity contribution in [1.82, 2.24) is 5.32 Å². The van der Waals surface area contributed by atoms with Crippen molar-refractivity contribution in [1.29, 1.82) is 0 Å². The van der Waals surface area contributed by atoms with Gasteiger partial charge in [0.05, 0.1) is 0 Å². The van der Waals surface area contributed by atoms with Gasteiger partial charge in [0.15, 0.2) is 0 Å². The van der Waals surface area contributed by atoms with E-state index in [2.05, 4.69) is 19.2 Å². The molecule has 1 N–H and O–H groups in total. The van der Waals surface area contributed by atoms with Crippen molar-refractivity contribution in [3.63, 3.8) is 0 Å². The molecule has 0 saturated heterocycles. The van der Waals surface area contributed by atoms with Crippen molar-refractivity contribution in [2.45, 2.75) is 20.3 Å². The highest BCUT2D eigenvalue weighted by molar-refractivity contribution is 5.19. The largest absolute Gasteiger partial charge is 0.309 e. The quantitative estimate of drug-likeness (QED) is 0.503. The van der Waals surface area contributed by atoms with Crippen molar-refractivity contribution in [2.24, 2.45) is 0 Å². The van der Waals surface area contributed by atoms with Gasteiger partial charge in [-0.1, -0.05) is 18.1 Å². The van der Waals surface area contributed by atoms with Crippen LogP contribution in [0, 0.1) is 0 Å². The molecule has 1 heteroatoms. The van der Waals surface area contributed by atoms with Gasteiger partial charge in [-0.05, 0) is 13.3 Å². The minimum Gasteiger partial charge on any atom is -0.309 e. The second-order valence-corrected chi connectivity index (χ2v) is 2.34. The second kappa shape index (κ2) is 2.31. The number of hydrogen-bond donors (Lipinski definition) is 1. The average Bonchev–Trinajstić information content (AvgIpc) is 2.14. The van der Waals surface area contributed by atoms with E-state index in [0.29, 0.717) is 0 Å². The van der Waals surface area contributed by atoms with Crippen molar-refractivity contribution >= 4 is 0 Å². The molecule has 0 radical (unpaired) electrons. The molecule has 1 rings (SSSR count). The zero-order chi connectivity index (χ0) is 5.98. The Kier molecular flexibility index (Phi) is 1.69. The van der Waals surface area contributed by atoms with E-state index in [1.54, 1.807) is 11.1 Å². The highest BCUT2D eigenvalue weighted by Crippen LogP contribution is 2.10. The Hall–Kier alpha value is -0.300. The molecule has 0 aromatic carbocycles. The van der Waals surface area contributed by atoms with Crippen LogP contribution in [0.1, 0.15) is 20.3 Å². The topological polar surface area (TPSA) is 12.0 Å². The van der Waals surface area contributed by atoms with Gasteiger partial charge in [0, 0.05) is 13.1 Å². The molecule has 0 aromatic rings. The maximum atomic E-state index is 3.30. The zero-order valence-electron chi connectivity index (χ0n) is 5.62. The van der Waals surface area contributed by atoms with E-state index in [9.17, 15) is 0 Å². The Morgan fingerprint density at radius 1 is 1.50 bits per heavy atom. The minimum atomic E-state index is 1.11. The standard InChI is InChI=1S/C7H13N/c1-3-7-5-8-4-6(7)2/h8H,3-5H2,1-2H3. The molecule has 0 unspecified atom stereocenters. The number of rotatable bonds is 1. The molecular weight excluding hydrogens is 98.1 g/mol. The van der Waals surface area contributed by atoms with Gasteiger partial charge in [-0.15, -0.1) is 0 Å². The SMILES string of the molecule is CCC1=C(C)CNC1. The van der Waals surface area contributed by atoms with Gasteiger partial charge in [0.1, 0.15) is 0 Å². The van der Waals surface area contributed by atoms with Crippen LogP contribution in [-0.2, 0) is 0 Å². The van der Waals surface area contributed by atoms with Crippen LogP contribution in [0.25, 0.3) is 0 Å². The molecule has 8 heavy (non-hydrogen) atoms. The van der Waals surface area contributed by atoms with Crippen LogP contribution in [0.15, 0.2) is 11.1 Å². The Balaban J connectivity index is 2.58. The van der Waals surface area contributed by atoms with Crippen LogP contribution >= 0.6 is 0 Å².